The maximum Gasteiger partial charge on any atom is 0.261 e. The fourth-order valence-electron chi connectivity index (χ4n) is 3.78. The zero-order valence-corrected chi connectivity index (χ0v) is 24.0. The summed E-state index contributed by atoms with van der Waals surface area (Å²) in [6.45, 7) is 4.09. The lowest BCUT2D eigenvalue weighted by Crippen LogP contribution is -2.49. The average molecular weight is 590 g/mol. The Bertz CT molecular complexity index is 1370. The molecule has 2 amide bonds. The van der Waals surface area contributed by atoms with Gasteiger partial charge >= 0.3 is 0 Å². The first-order chi connectivity index (χ1) is 19.1. The van der Waals surface area contributed by atoms with Gasteiger partial charge in [-0.1, -0.05) is 43.5 Å². The summed E-state index contributed by atoms with van der Waals surface area (Å²) >= 11 is 5.99. The quantitative estimate of drug-likeness (QED) is 0.246. The second-order valence-electron chi connectivity index (χ2n) is 9.19. The van der Waals surface area contributed by atoms with Crippen LogP contribution in [0.15, 0.2) is 77.7 Å². The van der Waals surface area contributed by atoms with Crippen LogP contribution in [0.1, 0.15) is 38.7 Å². The molecule has 0 spiro atoms. The topological polar surface area (TPSA) is 105 Å². The summed E-state index contributed by atoms with van der Waals surface area (Å²) in [5.41, 5.74) is 1.02. The van der Waals surface area contributed by atoms with Crippen LogP contribution in [0.4, 0.5) is 10.1 Å². The van der Waals surface area contributed by atoms with E-state index in [0.29, 0.717) is 11.6 Å². The van der Waals surface area contributed by atoms with E-state index in [2.05, 4.69) is 17.0 Å². The van der Waals surface area contributed by atoms with Gasteiger partial charge in [0.15, 0.2) is 6.61 Å². The van der Waals surface area contributed by atoms with Gasteiger partial charge in [-0.3, -0.25) is 14.3 Å². The number of nitrogens with one attached hydrogen (secondary N) is 2. The van der Waals surface area contributed by atoms with E-state index < -0.39 is 27.8 Å². The Morgan fingerprint density at radius 3 is 2.25 bits per heavy atom. The number of benzene rings is 3. The molecule has 0 bridgehead atoms. The highest BCUT2D eigenvalue weighted by Gasteiger charge is 2.26. The molecule has 0 fully saturated rings. The highest BCUT2D eigenvalue weighted by molar-refractivity contribution is 7.92. The number of ether oxygens (including phenoxy) is 1. The molecular weight excluding hydrogens is 557 g/mol. The number of carbonyl (C=O) groups is 2. The molecule has 0 aromatic heterocycles. The van der Waals surface area contributed by atoms with Crippen molar-refractivity contribution in [2.45, 2.75) is 50.6 Å². The van der Waals surface area contributed by atoms with Gasteiger partial charge in [-0.2, -0.15) is 0 Å². The molecule has 40 heavy (non-hydrogen) atoms. The van der Waals surface area contributed by atoms with E-state index in [9.17, 15) is 22.4 Å². The van der Waals surface area contributed by atoms with E-state index in [0.717, 1.165) is 37.0 Å². The molecular formula is C29H33ClFN3O5S. The number of nitrogens with zero attached hydrogens (tertiary/aromatic N) is 1. The van der Waals surface area contributed by atoms with E-state index >= 15 is 0 Å². The molecule has 0 saturated carbocycles. The van der Waals surface area contributed by atoms with Crippen LogP contribution < -0.4 is 14.8 Å². The summed E-state index contributed by atoms with van der Waals surface area (Å²) in [6, 6.07) is 16.7. The fourth-order valence-corrected chi connectivity index (χ4v) is 4.96. The Kier molecular flexibility index (Phi) is 11.3. The smallest absolute Gasteiger partial charge is 0.261 e. The molecule has 0 radical (unpaired) electrons. The standard InChI is InChI=1S/C29H33ClFN3O5S/c1-3-4-5-18-32-29(36)21(2)34(19-22-6-8-23(30)9-7-22)28(35)20-39-26-14-16-27(17-15-26)40(37,38)33-25-12-10-24(31)11-13-25/h6-17,21,33H,3-5,18-20H2,1-2H3,(H,32,36)/t21-/m0/s1. The second-order valence-corrected chi connectivity index (χ2v) is 11.3. The van der Waals surface area contributed by atoms with Crippen molar-refractivity contribution in [1.29, 1.82) is 0 Å². The molecule has 2 N–H and O–H groups in total. The van der Waals surface area contributed by atoms with Crippen molar-refractivity contribution in [2.24, 2.45) is 0 Å². The molecule has 1 atom stereocenters. The molecule has 0 unspecified atom stereocenters. The van der Waals surface area contributed by atoms with Crippen molar-refractivity contribution in [3.05, 3.63) is 89.2 Å². The summed E-state index contributed by atoms with van der Waals surface area (Å²) < 4.78 is 46.4. The van der Waals surface area contributed by atoms with Crippen LogP contribution in [0.5, 0.6) is 5.75 Å². The third-order valence-electron chi connectivity index (χ3n) is 6.11. The third-order valence-corrected chi connectivity index (χ3v) is 7.75. The zero-order valence-electron chi connectivity index (χ0n) is 22.4. The largest absolute Gasteiger partial charge is 0.484 e. The number of unbranched alkanes of at least 4 members (excludes halogenated alkanes) is 2. The van der Waals surface area contributed by atoms with E-state index in [-0.39, 0.29) is 35.4 Å². The maximum atomic E-state index is 13.2. The molecule has 11 heteroatoms. The number of hydrogen-bond donors (Lipinski definition) is 2. The van der Waals surface area contributed by atoms with Crippen LogP contribution in [-0.2, 0) is 26.2 Å². The normalized spacial score (nSPS) is 11.9. The third kappa shape index (κ3) is 9.24. The molecule has 0 aliphatic heterocycles. The van der Waals surface area contributed by atoms with Crippen molar-refractivity contribution in [1.82, 2.24) is 10.2 Å². The minimum atomic E-state index is -3.91. The first-order valence-electron chi connectivity index (χ1n) is 12.9. The predicted octanol–water partition coefficient (Wildman–Crippen LogP) is 5.38. The van der Waals surface area contributed by atoms with Crippen molar-refractivity contribution in [3.63, 3.8) is 0 Å². The number of sulfonamides is 1. The molecule has 0 saturated heterocycles. The lowest BCUT2D eigenvalue weighted by atomic mass is 10.1. The first kappa shape index (κ1) is 30.9. The van der Waals surface area contributed by atoms with Crippen molar-refractivity contribution >= 4 is 39.1 Å². The minimum Gasteiger partial charge on any atom is -0.484 e. The average Bonchev–Trinajstić information content (AvgIpc) is 2.94. The van der Waals surface area contributed by atoms with E-state index in [1.165, 1.54) is 41.3 Å². The van der Waals surface area contributed by atoms with E-state index in [4.69, 9.17) is 16.3 Å². The summed E-state index contributed by atoms with van der Waals surface area (Å²) in [5.74, 6) is -0.882. The molecule has 0 heterocycles. The molecule has 3 aromatic carbocycles. The molecule has 0 aliphatic carbocycles. The van der Waals surface area contributed by atoms with Gasteiger partial charge in [-0.15, -0.1) is 0 Å². The number of anilines is 1. The van der Waals surface area contributed by atoms with E-state index in [1.807, 2.05) is 0 Å². The molecule has 3 rings (SSSR count). The lowest BCUT2D eigenvalue weighted by Gasteiger charge is -2.28. The van der Waals surface area contributed by atoms with Gasteiger partial charge in [0.2, 0.25) is 5.91 Å². The Hall–Kier alpha value is -3.63. The van der Waals surface area contributed by atoms with Gasteiger partial charge < -0.3 is 15.0 Å². The van der Waals surface area contributed by atoms with Crippen molar-refractivity contribution in [2.75, 3.05) is 17.9 Å². The number of halogens is 2. The highest BCUT2D eigenvalue weighted by atomic mass is 35.5. The molecule has 214 valence electrons. The lowest BCUT2D eigenvalue weighted by molar-refractivity contribution is -0.142. The van der Waals surface area contributed by atoms with Gasteiger partial charge in [-0.05, 0) is 79.6 Å². The molecule has 8 nitrogen and oxygen atoms in total. The van der Waals surface area contributed by atoms with Crippen molar-refractivity contribution in [3.8, 4) is 5.75 Å². The van der Waals surface area contributed by atoms with Crippen LogP contribution in [0.25, 0.3) is 0 Å². The number of rotatable bonds is 14. The Morgan fingerprint density at radius 2 is 1.62 bits per heavy atom. The van der Waals surface area contributed by atoms with Gasteiger partial charge in [0.25, 0.3) is 15.9 Å². The number of hydrogen-bond acceptors (Lipinski definition) is 5. The van der Waals surface area contributed by atoms with Crippen LogP contribution in [0.3, 0.4) is 0 Å². The summed E-state index contributed by atoms with van der Waals surface area (Å²) in [7, 11) is -3.91. The van der Waals surface area contributed by atoms with Crippen molar-refractivity contribution < 1.29 is 27.1 Å². The predicted molar refractivity (Wildman–Crippen MR) is 153 cm³/mol. The van der Waals surface area contributed by atoms with Crippen LogP contribution in [-0.4, -0.2) is 44.3 Å². The Labute approximate surface area is 239 Å². The Balaban J connectivity index is 1.66. The van der Waals surface area contributed by atoms with Gasteiger partial charge in [0.1, 0.15) is 17.6 Å². The first-order valence-corrected chi connectivity index (χ1v) is 14.8. The maximum absolute atomic E-state index is 13.2. The summed E-state index contributed by atoms with van der Waals surface area (Å²) in [6.07, 6.45) is 2.88. The molecule has 0 aliphatic rings. The second kappa shape index (κ2) is 14.7. The Morgan fingerprint density at radius 1 is 0.975 bits per heavy atom. The minimum absolute atomic E-state index is 0.0340. The highest BCUT2D eigenvalue weighted by Crippen LogP contribution is 2.20. The van der Waals surface area contributed by atoms with Crippen LogP contribution in [0, 0.1) is 5.82 Å². The number of carbonyl (C=O) groups excluding carboxylic acids is 2. The van der Waals surface area contributed by atoms with Gasteiger partial charge in [0.05, 0.1) is 4.90 Å². The van der Waals surface area contributed by atoms with Gasteiger partial charge in [-0.25, -0.2) is 12.8 Å². The van der Waals surface area contributed by atoms with E-state index in [1.54, 1.807) is 31.2 Å². The van der Waals surface area contributed by atoms with Crippen LogP contribution in [0.2, 0.25) is 5.02 Å². The van der Waals surface area contributed by atoms with Crippen LogP contribution >= 0.6 is 11.6 Å². The number of amides is 2. The fraction of sp³-hybridized carbons (Fsp3) is 0.310. The van der Waals surface area contributed by atoms with Gasteiger partial charge in [0, 0.05) is 23.8 Å². The zero-order chi connectivity index (χ0) is 29.1. The summed E-state index contributed by atoms with van der Waals surface area (Å²) in [5, 5.41) is 3.45. The summed E-state index contributed by atoms with van der Waals surface area (Å²) in [4.78, 5) is 27.4. The SMILES string of the molecule is CCCCCNC(=O)[C@H](C)N(Cc1ccc(Cl)cc1)C(=O)COc1ccc(S(=O)(=O)Nc2ccc(F)cc2)cc1. The molecule has 3 aromatic rings. The monoisotopic (exact) mass is 589 g/mol.